The van der Waals surface area contributed by atoms with E-state index in [-0.39, 0.29) is 0 Å². The molecule has 76 valence electrons. The highest BCUT2D eigenvalue weighted by Crippen LogP contribution is 2.71. The Morgan fingerprint density at radius 1 is 1.00 bits per heavy atom. The van der Waals surface area contributed by atoms with E-state index in [1.165, 1.54) is 38.5 Å². The lowest BCUT2D eigenvalue weighted by atomic mass is 9.41. The highest BCUT2D eigenvalue weighted by atomic mass is 19.1. The Labute approximate surface area is 80.9 Å². The van der Waals surface area contributed by atoms with Gasteiger partial charge >= 0.3 is 0 Å². The summed E-state index contributed by atoms with van der Waals surface area (Å²) in [5.74, 6) is 0. The van der Waals surface area contributed by atoms with E-state index in [1.54, 1.807) is 0 Å². The van der Waals surface area contributed by atoms with Gasteiger partial charge in [0.05, 0.1) is 0 Å². The first-order valence-corrected chi connectivity index (χ1v) is 5.87. The van der Waals surface area contributed by atoms with Gasteiger partial charge in [-0.25, -0.2) is 4.39 Å². The summed E-state index contributed by atoms with van der Waals surface area (Å²) in [5.41, 5.74) is -0.176. The maximum absolute atomic E-state index is 13.1. The molecule has 3 aliphatic carbocycles. The summed E-state index contributed by atoms with van der Waals surface area (Å²) in [6.45, 7) is 2.24. The molecule has 1 heteroatoms. The van der Waals surface area contributed by atoms with Gasteiger partial charge < -0.3 is 0 Å². The number of halogens is 1. The molecule has 0 unspecified atom stereocenters. The Balaban J connectivity index is 1.51. The van der Waals surface area contributed by atoms with Gasteiger partial charge in [-0.15, -0.1) is 0 Å². The van der Waals surface area contributed by atoms with E-state index in [0.717, 1.165) is 19.3 Å². The van der Waals surface area contributed by atoms with Crippen LogP contribution in [0.1, 0.15) is 64.7 Å². The average Bonchev–Trinajstić information content (AvgIpc) is 1.98. The number of hydrogen-bond acceptors (Lipinski definition) is 0. The quantitative estimate of drug-likeness (QED) is 0.542. The molecule has 13 heavy (non-hydrogen) atoms. The van der Waals surface area contributed by atoms with Gasteiger partial charge in [0.15, 0.2) is 0 Å². The normalized spacial score (nSPS) is 41.1. The standard InChI is InChI=1S/C12H21F/c1-2-3-4-5-6-7-11-8-12(13,9-11)10-11/h2-10H2,1H3. The van der Waals surface area contributed by atoms with Crippen molar-refractivity contribution >= 4 is 0 Å². The molecule has 0 aromatic carbocycles. The van der Waals surface area contributed by atoms with E-state index < -0.39 is 5.67 Å². The molecule has 2 bridgehead atoms. The van der Waals surface area contributed by atoms with Gasteiger partial charge in [-0.3, -0.25) is 0 Å². The van der Waals surface area contributed by atoms with Crippen molar-refractivity contribution in [2.24, 2.45) is 5.41 Å². The van der Waals surface area contributed by atoms with E-state index in [2.05, 4.69) is 6.92 Å². The fraction of sp³-hybridized carbons (Fsp3) is 1.00. The fourth-order valence-corrected chi connectivity index (χ4v) is 3.23. The van der Waals surface area contributed by atoms with Crippen LogP contribution in [0, 0.1) is 5.41 Å². The SMILES string of the molecule is CCCCCCCC12CC(F)(C1)C2. The summed E-state index contributed by atoms with van der Waals surface area (Å²) in [5, 5.41) is 0. The molecule has 0 amide bonds. The average molecular weight is 184 g/mol. The minimum atomic E-state index is -0.677. The molecular formula is C12H21F. The van der Waals surface area contributed by atoms with Gasteiger partial charge in [0, 0.05) is 0 Å². The van der Waals surface area contributed by atoms with Gasteiger partial charge in [-0.2, -0.15) is 0 Å². The highest BCUT2D eigenvalue weighted by molar-refractivity contribution is 5.18. The molecule has 0 aromatic heterocycles. The maximum atomic E-state index is 13.1. The van der Waals surface area contributed by atoms with Crippen LogP contribution >= 0.6 is 0 Å². The van der Waals surface area contributed by atoms with Crippen molar-refractivity contribution in [3.8, 4) is 0 Å². The zero-order chi connectivity index (χ0) is 9.36. The van der Waals surface area contributed by atoms with Crippen molar-refractivity contribution in [2.45, 2.75) is 70.4 Å². The lowest BCUT2D eigenvalue weighted by Crippen LogP contribution is -2.64. The van der Waals surface area contributed by atoms with Crippen LogP contribution < -0.4 is 0 Å². The third-order valence-corrected chi connectivity index (χ3v) is 3.89. The lowest BCUT2D eigenvalue weighted by molar-refractivity contribution is -0.217. The molecule has 0 radical (unpaired) electrons. The summed E-state index contributed by atoms with van der Waals surface area (Å²) in [6.07, 6.45) is 10.8. The van der Waals surface area contributed by atoms with E-state index in [1.807, 2.05) is 0 Å². The highest BCUT2D eigenvalue weighted by Gasteiger charge is 2.68. The van der Waals surface area contributed by atoms with Crippen LogP contribution in [0.15, 0.2) is 0 Å². The Morgan fingerprint density at radius 3 is 2.15 bits per heavy atom. The number of rotatable bonds is 6. The van der Waals surface area contributed by atoms with Crippen LogP contribution in [-0.2, 0) is 0 Å². The van der Waals surface area contributed by atoms with Crippen LogP contribution in [0.4, 0.5) is 4.39 Å². The summed E-state index contributed by atoms with van der Waals surface area (Å²) < 4.78 is 13.1. The zero-order valence-electron chi connectivity index (χ0n) is 8.74. The molecule has 0 saturated heterocycles. The lowest BCUT2D eigenvalue weighted by Gasteiger charge is -2.66. The zero-order valence-corrected chi connectivity index (χ0v) is 8.74. The molecule has 0 aliphatic heterocycles. The molecule has 0 nitrogen and oxygen atoms in total. The van der Waals surface area contributed by atoms with Gasteiger partial charge in [-0.1, -0.05) is 39.0 Å². The summed E-state index contributed by atoms with van der Waals surface area (Å²) >= 11 is 0. The Bertz CT molecular complexity index is 166. The van der Waals surface area contributed by atoms with Crippen molar-refractivity contribution in [1.82, 2.24) is 0 Å². The third kappa shape index (κ3) is 1.75. The first kappa shape index (κ1) is 9.48. The van der Waals surface area contributed by atoms with E-state index in [4.69, 9.17) is 0 Å². The molecule has 0 atom stereocenters. The van der Waals surface area contributed by atoms with Crippen molar-refractivity contribution in [2.75, 3.05) is 0 Å². The summed E-state index contributed by atoms with van der Waals surface area (Å²) in [7, 11) is 0. The predicted molar refractivity (Wildman–Crippen MR) is 53.5 cm³/mol. The second-order valence-electron chi connectivity index (χ2n) is 5.35. The van der Waals surface area contributed by atoms with Crippen molar-refractivity contribution in [3.63, 3.8) is 0 Å². The van der Waals surface area contributed by atoms with E-state index >= 15 is 0 Å². The van der Waals surface area contributed by atoms with Gasteiger partial charge in [-0.05, 0) is 31.1 Å². The molecule has 3 rings (SSSR count). The maximum Gasteiger partial charge on any atom is 0.112 e. The first-order chi connectivity index (χ1) is 6.18. The molecule has 0 aromatic rings. The number of hydrogen-bond donors (Lipinski definition) is 0. The fourth-order valence-electron chi connectivity index (χ4n) is 3.23. The predicted octanol–water partition coefficient (Wildman–Crippen LogP) is 4.24. The Kier molecular flexibility index (Phi) is 2.37. The topological polar surface area (TPSA) is 0 Å². The Hall–Kier alpha value is -0.0700. The van der Waals surface area contributed by atoms with E-state index in [0.29, 0.717) is 5.41 Å². The van der Waals surface area contributed by atoms with Crippen LogP contribution in [0.25, 0.3) is 0 Å². The molecule has 0 N–H and O–H groups in total. The summed E-state index contributed by atoms with van der Waals surface area (Å²) in [4.78, 5) is 0. The van der Waals surface area contributed by atoms with Crippen molar-refractivity contribution in [3.05, 3.63) is 0 Å². The largest absolute Gasteiger partial charge is 0.244 e. The van der Waals surface area contributed by atoms with Gasteiger partial charge in [0.1, 0.15) is 5.67 Å². The number of unbranched alkanes of at least 4 members (excludes halogenated alkanes) is 4. The molecule has 0 spiro atoms. The molecule has 3 fully saturated rings. The molecular weight excluding hydrogens is 163 g/mol. The van der Waals surface area contributed by atoms with Crippen molar-refractivity contribution < 1.29 is 4.39 Å². The second-order valence-corrected chi connectivity index (χ2v) is 5.35. The van der Waals surface area contributed by atoms with Gasteiger partial charge in [0.2, 0.25) is 0 Å². The monoisotopic (exact) mass is 184 g/mol. The molecule has 3 aliphatic rings. The molecule has 3 saturated carbocycles. The van der Waals surface area contributed by atoms with Crippen LogP contribution in [0.5, 0.6) is 0 Å². The Morgan fingerprint density at radius 2 is 1.62 bits per heavy atom. The van der Waals surface area contributed by atoms with Crippen LogP contribution in [-0.4, -0.2) is 5.67 Å². The van der Waals surface area contributed by atoms with Crippen LogP contribution in [0.3, 0.4) is 0 Å². The van der Waals surface area contributed by atoms with E-state index in [9.17, 15) is 4.39 Å². The molecule has 0 heterocycles. The third-order valence-electron chi connectivity index (χ3n) is 3.89. The van der Waals surface area contributed by atoms with Crippen LogP contribution in [0.2, 0.25) is 0 Å². The second kappa shape index (κ2) is 3.25. The first-order valence-electron chi connectivity index (χ1n) is 5.87. The minimum Gasteiger partial charge on any atom is -0.244 e. The number of alkyl halides is 1. The minimum absolute atomic E-state index is 0.501. The van der Waals surface area contributed by atoms with Crippen molar-refractivity contribution in [1.29, 1.82) is 0 Å². The smallest absolute Gasteiger partial charge is 0.112 e. The summed E-state index contributed by atoms with van der Waals surface area (Å²) in [6, 6.07) is 0. The van der Waals surface area contributed by atoms with Gasteiger partial charge in [0.25, 0.3) is 0 Å².